The summed E-state index contributed by atoms with van der Waals surface area (Å²) >= 11 is 0. The SMILES string of the molecule is O=S(=O)(Oc1ccccc1)C(F)(F)F.[Dy]. The summed E-state index contributed by atoms with van der Waals surface area (Å²) in [6.07, 6.45) is 0. The molecule has 88 valence electrons. The monoisotopic (exact) mass is 390 g/mol. The fourth-order valence-electron chi connectivity index (χ4n) is 0.650. The van der Waals surface area contributed by atoms with Crippen molar-refractivity contribution < 1.29 is 63.9 Å². The summed E-state index contributed by atoms with van der Waals surface area (Å²) in [5.74, 6) is -0.371. The van der Waals surface area contributed by atoms with E-state index in [9.17, 15) is 21.6 Å². The smallest absolute Gasteiger partial charge is 0.376 e. The Hall–Kier alpha value is 0.0327. The molecule has 0 amide bonds. The largest absolute Gasteiger partial charge is 0.534 e. The van der Waals surface area contributed by atoms with Gasteiger partial charge in [-0.15, -0.1) is 0 Å². The zero-order chi connectivity index (χ0) is 10.8. The predicted molar refractivity (Wildman–Crippen MR) is 42.0 cm³/mol. The molecule has 0 spiro atoms. The first-order valence-corrected chi connectivity index (χ1v) is 4.79. The van der Waals surface area contributed by atoms with E-state index >= 15 is 0 Å². The van der Waals surface area contributed by atoms with Gasteiger partial charge in [0.25, 0.3) is 0 Å². The molecule has 0 saturated carbocycles. The van der Waals surface area contributed by atoms with E-state index in [2.05, 4.69) is 4.18 Å². The number of hydrogen-bond acceptors (Lipinski definition) is 3. The van der Waals surface area contributed by atoms with E-state index in [1.807, 2.05) is 0 Å². The Labute approximate surface area is 115 Å². The van der Waals surface area contributed by atoms with Crippen LogP contribution in [0.2, 0.25) is 0 Å². The van der Waals surface area contributed by atoms with Crippen LogP contribution < -0.4 is 4.18 Å². The molecule has 0 atom stereocenters. The summed E-state index contributed by atoms with van der Waals surface area (Å²) in [5.41, 5.74) is -5.40. The van der Waals surface area contributed by atoms with E-state index < -0.39 is 15.6 Å². The van der Waals surface area contributed by atoms with Crippen LogP contribution in [0.5, 0.6) is 5.75 Å². The van der Waals surface area contributed by atoms with Gasteiger partial charge in [-0.05, 0) is 12.1 Å². The minimum atomic E-state index is -5.55. The van der Waals surface area contributed by atoms with Gasteiger partial charge in [-0.2, -0.15) is 21.6 Å². The molecule has 1 rings (SSSR count). The molecule has 0 fully saturated rings. The zero-order valence-corrected chi connectivity index (χ0v) is 9.82. The molecule has 0 heterocycles. The molecule has 0 N–H and O–H groups in total. The fraction of sp³-hybridized carbons (Fsp3) is 0.143. The maximum atomic E-state index is 11.8. The van der Waals surface area contributed by atoms with Crippen LogP contribution in [0.15, 0.2) is 30.3 Å². The second-order valence-corrected chi connectivity index (χ2v) is 3.83. The van der Waals surface area contributed by atoms with Gasteiger partial charge >= 0.3 is 15.6 Å². The van der Waals surface area contributed by atoms with Crippen LogP contribution in [0.1, 0.15) is 0 Å². The fourth-order valence-corrected chi connectivity index (χ4v) is 1.11. The van der Waals surface area contributed by atoms with Crippen molar-refractivity contribution in [2.24, 2.45) is 0 Å². The van der Waals surface area contributed by atoms with Crippen LogP contribution in [0.3, 0.4) is 0 Å². The Kier molecular flexibility index (Phi) is 5.40. The van der Waals surface area contributed by atoms with E-state index in [4.69, 9.17) is 0 Å². The van der Waals surface area contributed by atoms with Gasteiger partial charge < -0.3 is 4.18 Å². The average molecular weight is 389 g/mol. The first kappa shape index (κ1) is 15.0. The van der Waals surface area contributed by atoms with Gasteiger partial charge in [0.2, 0.25) is 0 Å². The van der Waals surface area contributed by atoms with Crippen LogP contribution in [0.4, 0.5) is 13.2 Å². The summed E-state index contributed by atoms with van der Waals surface area (Å²) in [5, 5.41) is 0. The number of benzene rings is 1. The standard InChI is InChI=1S/C7H5F3O3S.Dy/c8-7(9,10)14(11,12)13-6-4-2-1-3-5-6;/h1-5H;. The Bertz CT molecular complexity index is 401. The van der Waals surface area contributed by atoms with Crippen molar-refractivity contribution in [1.82, 2.24) is 0 Å². The van der Waals surface area contributed by atoms with Crippen LogP contribution in [-0.2, 0) is 10.1 Å². The number of para-hydroxylation sites is 1. The summed E-state index contributed by atoms with van der Waals surface area (Å²) in [6, 6.07) is 6.47. The quantitative estimate of drug-likeness (QED) is 0.574. The minimum Gasteiger partial charge on any atom is -0.376 e. The first-order valence-electron chi connectivity index (χ1n) is 3.39. The van der Waals surface area contributed by atoms with Crippen molar-refractivity contribution in [3.63, 3.8) is 0 Å². The topological polar surface area (TPSA) is 43.4 Å². The van der Waals surface area contributed by atoms with Crippen molar-refractivity contribution in [2.75, 3.05) is 0 Å². The van der Waals surface area contributed by atoms with Crippen molar-refractivity contribution >= 4 is 10.1 Å². The maximum absolute atomic E-state index is 11.8. The Morgan fingerprint density at radius 3 is 1.93 bits per heavy atom. The van der Waals surface area contributed by atoms with Gasteiger partial charge in [-0.25, -0.2) is 0 Å². The van der Waals surface area contributed by atoms with E-state index in [1.54, 1.807) is 0 Å². The van der Waals surface area contributed by atoms with Crippen molar-refractivity contribution in [2.45, 2.75) is 5.51 Å². The molecular formula is C7H5DyF3O3S. The second-order valence-electron chi connectivity index (χ2n) is 2.30. The van der Waals surface area contributed by atoms with Gasteiger partial charge in [0.1, 0.15) is 5.75 Å². The number of alkyl halides is 3. The molecule has 0 saturated heterocycles. The maximum Gasteiger partial charge on any atom is 0.534 e. The Morgan fingerprint density at radius 1 is 1.07 bits per heavy atom. The van der Waals surface area contributed by atoms with Crippen LogP contribution in [0.25, 0.3) is 0 Å². The minimum absolute atomic E-state index is 0. The third-order valence-corrected chi connectivity index (χ3v) is 2.21. The molecule has 0 unspecified atom stereocenters. The molecule has 15 heavy (non-hydrogen) atoms. The van der Waals surface area contributed by atoms with Gasteiger partial charge in [0, 0.05) is 38.2 Å². The molecule has 8 heteroatoms. The number of halogens is 3. The van der Waals surface area contributed by atoms with Gasteiger partial charge in [-0.1, -0.05) is 18.2 Å². The van der Waals surface area contributed by atoms with Crippen molar-refractivity contribution in [3.8, 4) is 5.75 Å². The number of hydrogen-bond donors (Lipinski definition) is 0. The summed E-state index contributed by atoms with van der Waals surface area (Å²) < 4.78 is 60.2. The van der Waals surface area contributed by atoms with E-state index in [0.29, 0.717) is 0 Å². The summed E-state index contributed by atoms with van der Waals surface area (Å²) in [4.78, 5) is 0. The van der Waals surface area contributed by atoms with Crippen molar-refractivity contribution in [3.05, 3.63) is 30.3 Å². The molecule has 0 bridgehead atoms. The summed E-state index contributed by atoms with van der Waals surface area (Å²) in [7, 11) is -5.55. The molecular weight excluding hydrogens is 384 g/mol. The predicted octanol–water partition coefficient (Wildman–Crippen LogP) is 1.92. The molecule has 0 aliphatic rings. The molecule has 0 radical (unpaired) electrons. The normalized spacial score (nSPS) is 11.7. The third-order valence-electron chi connectivity index (χ3n) is 1.23. The molecule has 1 aromatic carbocycles. The summed E-state index contributed by atoms with van der Waals surface area (Å²) in [6.45, 7) is 0. The zero-order valence-electron chi connectivity index (χ0n) is 6.97. The van der Waals surface area contributed by atoms with Crippen molar-refractivity contribution in [1.29, 1.82) is 0 Å². The van der Waals surface area contributed by atoms with Crippen LogP contribution in [0, 0.1) is 38.2 Å². The van der Waals surface area contributed by atoms with E-state index in [0.717, 1.165) is 12.1 Å². The van der Waals surface area contributed by atoms with E-state index in [-0.39, 0.29) is 43.9 Å². The van der Waals surface area contributed by atoms with Gasteiger partial charge in [0.15, 0.2) is 0 Å². The molecule has 1 aromatic rings. The molecule has 0 aliphatic heterocycles. The van der Waals surface area contributed by atoms with Gasteiger partial charge in [-0.3, -0.25) is 0 Å². The Balaban J connectivity index is 0.00000196. The first-order chi connectivity index (χ1) is 6.33. The molecule has 0 aromatic heterocycles. The van der Waals surface area contributed by atoms with Gasteiger partial charge in [0.05, 0.1) is 0 Å². The number of rotatable bonds is 2. The van der Waals surface area contributed by atoms with Crippen LogP contribution >= 0.6 is 0 Å². The van der Waals surface area contributed by atoms with E-state index in [1.165, 1.54) is 18.2 Å². The average Bonchev–Trinajstić information content (AvgIpc) is 2.03. The van der Waals surface area contributed by atoms with Crippen LogP contribution in [-0.4, -0.2) is 13.9 Å². The molecule has 0 aliphatic carbocycles. The second kappa shape index (κ2) is 5.39. The molecule has 3 nitrogen and oxygen atoms in total. The third kappa shape index (κ3) is 4.19. The Morgan fingerprint density at radius 2 is 1.53 bits per heavy atom.